The van der Waals surface area contributed by atoms with Crippen molar-refractivity contribution in [1.29, 1.82) is 0 Å². The molecule has 42 heavy (non-hydrogen) atoms. The minimum Gasteiger partial charge on any atom is -0.481 e. The fourth-order valence-corrected chi connectivity index (χ4v) is 6.39. The Morgan fingerprint density at radius 1 is 1.02 bits per heavy atom. The fourth-order valence-electron chi connectivity index (χ4n) is 6.39. The van der Waals surface area contributed by atoms with Gasteiger partial charge in [0.25, 0.3) is 5.95 Å². The number of aromatic nitrogens is 4. The predicted molar refractivity (Wildman–Crippen MR) is 156 cm³/mol. The molecule has 1 aliphatic carbocycles. The fraction of sp³-hybridized carbons (Fsp3) is 0.562. The third-order valence-corrected chi connectivity index (χ3v) is 8.72. The average Bonchev–Trinajstić information content (AvgIpc) is 3.35. The van der Waals surface area contributed by atoms with Crippen LogP contribution < -0.4 is 4.90 Å². The number of hydrogen-bond acceptors (Lipinski definition) is 5. The highest BCUT2D eigenvalue weighted by atomic mass is 19.4. The number of aryl methyl sites for hydroxylation is 4. The minimum atomic E-state index is -4.43. The first kappa shape index (κ1) is 31.5. The Hall–Kier alpha value is -3.43. The highest BCUT2D eigenvalue weighted by Gasteiger charge is 2.31. The number of carboxylic acid groups (broad SMARTS) is 1. The molecule has 0 spiro atoms. The quantitative estimate of drug-likeness (QED) is 0.251. The standard InChI is InChI=1S/C32H42F3N5O2/c1-6-26(15-23-7-9-24(10-8-23)17-30(41)42)29-14-22(4)21(3)13-27(29)19-40(31-36-38-39(5)37-31)18-25-11-20(2)12-28(16-25)32(33,34)35/h11-14,16,23-24,26H,6-10,15,17-19H2,1-5H3,(H,41,42). The summed E-state index contributed by atoms with van der Waals surface area (Å²) in [5, 5.41) is 21.8. The van der Waals surface area contributed by atoms with E-state index in [4.69, 9.17) is 0 Å². The molecular weight excluding hydrogens is 543 g/mol. The maximum absolute atomic E-state index is 13.6. The van der Waals surface area contributed by atoms with Gasteiger partial charge in [-0.1, -0.05) is 48.6 Å². The molecule has 1 aromatic heterocycles. The number of aliphatic carboxylic acids is 1. The van der Waals surface area contributed by atoms with E-state index in [-0.39, 0.29) is 18.9 Å². The van der Waals surface area contributed by atoms with Gasteiger partial charge in [-0.3, -0.25) is 4.79 Å². The van der Waals surface area contributed by atoms with Crippen LogP contribution in [-0.2, 0) is 31.1 Å². The molecule has 0 saturated heterocycles. The Balaban J connectivity index is 1.63. The normalized spacial score (nSPS) is 18.2. The number of halogens is 3. The maximum atomic E-state index is 13.6. The molecule has 1 N–H and O–H groups in total. The first-order chi connectivity index (χ1) is 19.8. The Kier molecular flexibility index (Phi) is 9.94. The first-order valence-electron chi connectivity index (χ1n) is 14.8. The maximum Gasteiger partial charge on any atom is 0.416 e. The van der Waals surface area contributed by atoms with Crippen LogP contribution in [0, 0.1) is 32.6 Å². The van der Waals surface area contributed by atoms with Crippen molar-refractivity contribution in [2.45, 2.75) is 97.8 Å². The largest absolute Gasteiger partial charge is 0.481 e. The second-order valence-corrected chi connectivity index (χ2v) is 12.1. The van der Waals surface area contributed by atoms with Crippen LogP contribution in [0.25, 0.3) is 0 Å². The van der Waals surface area contributed by atoms with E-state index in [9.17, 15) is 23.1 Å². The molecule has 0 amide bonds. The number of hydrogen-bond donors (Lipinski definition) is 1. The molecule has 1 heterocycles. The van der Waals surface area contributed by atoms with Crippen molar-refractivity contribution >= 4 is 11.9 Å². The Morgan fingerprint density at radius 3 is 2.29 bits per heavy atom. The van der Waals surface area contributed by atoms with Crippen molar-refractivity contribution in [3.05, 3.63) is 69.3 Å². The van der Waals surface area contributed by atoms with E-state index >= 15 is 0 Å². The summed E-state index contributed by atoms with van der Waals surface area (Å²) in [6.07, 6.45) is 1.80. The van der Waals surface area contributed by atoms with E-state index in [1.165, 1.54) is 22.0 Å². The first-order valence-corrected chi connectivity index (χ1v) is 14.8. The zero-order valence-electron chi connectivity index (χ0n) is 25.2. The number of alkyl halides is 3. The lowest BCUT2D eigenvalue weighted by atomic mass is 9.74. The van der Waals surface area contributed by atoms with E-state index in [1.807, 2.05) is 4.90 Å². The zero-order chi connectivity index (χ0) is 30.6. The van der Waals surface area contributed by atoms with Crippen LogP contribution in [0.3, 0.4) is 0 Å². The number of benzene rings is 2. The van der Waals surface area contributed by atoms with E-state index < -0.39 is 17.7 Å². The lowest BCUT2D eigenvalue weighted by Crippen LogP contribution is -2.25. The Labute approximate surface area is 246 Å². The summed E-state index contributed by atoms with van der Waals surface area (Å²) in [6.45, 7) is 8.69. The van der Waals surface area contributed by atoms with E-state index in [0.29, 0.717) is 35.5 Å². The smallest absolute Gasteiger partial charge is 0.416 e. The molecule has 3 aromatic rings. The summed E-state index contributed by atoms with van der Waals surface area (Å²) in [6, 6.07) is 8.60. The van der Waals surface area contributed by atoms with Crippen LogP contribution in [-0.4, -0.2) is 31.3 Å². The molecule has 0 radical (unpaired) electrons. The summed E-state index contributed by atoms with van der Waals surface area (Å²) in [5.74, 6) is 0.769. The van der Waals surface area contributed by atoms with Crippen LogP contribution in [0.2, 0.25) is 0 Å². The molecule has 2 aromatic carbocycles. The lowest BCUT2D eigenvalue weighted by Gasteiger charge is -2.32. The van der Waals surface area contributed by atoms with E-state index in [0.717, 1.165) is 55.7 Å². The van der Waals surface area contributed by atoms with Crippen LogP contribution in [0.4, 0.5) is 19.1 Å². The van der Waals surface area contributed by atoms with Crippen LogP contribution in [0.1, 0.15) is 96.7 Å². The Morgan fingerprint density at radius 2 is 1.69 bits per heavy atom. The summed E-state index contributed by atoms with van der Waals surface area (Å²) < 4.78 is 40.8. The van der Waals surface area contributed by atoms with Gasteiger partial charge in [0.05, 0.1) is 12.6 Å². The SMILES string of the molecule is CCC(CC1CCC(CC(=O)O)CC1)c1cc(C)c(C)cc1CN(Cc1cc(C)cc(C(F)(F)F)c1)c1nnn(C)n1. The van der Waals surface area contributed by atoms with Crippen LogP contribution in [0.15, 0.2) is 30.3 Å². The van der Waals surface area contributed by atoms with Crippen molar-refractivity contribution < 1.29 is 23.1 Å². The molecule has 10 heteroatoms. The Bertz CT molecular complexity index is 1380. The second kappa shape index (κ2) is 13.3. The van der Waals surface area contributed by atoms with Crippen molar-refractivity contribution in [3.8, 4) is 0 Å². The van der Waals surface area contributed by atoms with Gasteiger partial charge in [0.15, 0.2) is 0 Å². The number of nitrogens with zero attached hydrogens (tertiary/aromatic N) is 5. The van der Waals surface area contributed by atoms with Crippen molar-refractivity contribution in [2.75, 3.05) is 4.90 Å². The summed E-state index contributed by atoms with van der Waals surface area (Å²) in [4.78, 5) is 14.4. The molecule has 7 nitrogen and oxygen atoms in total. The van der Waals surface area contributed by atoms with E-state index in [1.54, 1.807) is 20.0 Å². The molecule has 1 aliphatic rings. The molecular formula is C32H42F3N5O2. The topological polar surface area (TPSA) is 84.1 Å². The summed E-state index contributed by atoms with van der Waals surface area (Å²) >= 11 is 0. The summed E-state index contributed by atoms with van der Waals surface area (Å²) in [5.41, 5.74) is 5.13. The molecule has 0 bridgehead atoms. The van der Waals surface area contributed by atoms with Crippen LogP contribution in [0.5, 0.6) is 0 Å². The monoisotopic (exact) mass is 585 g/mol. The number of anilines is 1. The van der Waals surface area contributed by atoms with Crippen molar-refractivity contribution in [3.63, 3.8) is 0 Å². The molecule has 1 saturated carbocycles. The van der Waals surface area contributed by atoms with Gasteiger partial charge in [-0.2, -0.15) is 18.0 Å². The third-order valence-electron chi connectivity index (χ3n) is 8.72. The molecule has 0 aliphatic heterocycles. The molecule has 1 atom stereocenters. The van der Waals surface area contributed by atoms with Gasteiger partial charge in [-0.25, -0.2) is 0 Å². The van der Waals surface area contributed by atoms with Crippen molar-refractivity contribution in [2.24, 2.45) is 18.9 Å². The molecule has 228 valence electrons. The average molecular weight is 586 g/mol. The van der Waals surface area contributed by atoms with E-state index in [2.05, 4.69) is 48.3 Å². The lowest BCUT2D eigenvalue weighted by molar-refractivity contribution is -0.139. The van der Waals surface area contributed by atoms with Crippen LogP contribution >= 0.6 is 0 Å². The van der Waals surface area contributed by atoms with Gasteiger partial charge < -0.3 is 10.0 Å². The van der Waals surface area contributed by atoms with Crippen molar-refractivity contribution in [1.82, 2.24) is 20.2 Å². The number of tetrazole rings is 1. The number of carbonyl (C=O) groups is 1. The molecule has 1 fully saturated rings. The molecule has 4 rings (SSSR count). The van der Waals surface area contributed by atoms with Gasteiger partial charge in [0, 0.05) is 19.5 Å². The predicted octanol–water partition coefficient (Wildman–Crippen LogP) is 7.53. The highest BCUT2D eigenvalue weighted by molar-refractivity contribution is 5.67. The van der Waals surface area contributed by atoms with Gasteiger partial charge >= 0.3 is 12.1 Å². The minimum absolute atomic E-state index is 0.202. The summed E-state index contributed by atoms with van der Waals surface area (Å²) in [7, 11) is 1.67. The molecule has 1 unspecified atom stereocenters. The zero-order valence-corrected chi connectivity index (χ0v) is 25.2. The van der Waals surface area contributed by atoms with Gasteiger partial charge in [-0.15, -0.1) is 5.10 Å². The van der Waals surface area contributed by atoms with Gasteiger partial charge in [0.1, 0.15) is 0 Å². The number of rotatable bonds is 11. The van der Waals surface area contributed by atoms with Gasteiger partial charge in [0.2, 0.25) is 0 Å². The third kappa shape index (κ3) is 8.10. The highest BCUT2D eigenvalue weighted by Crippen LogP contribution is 2.40. The second-order valence-electron chi connectivity index (χ2n) is 12.1. The van der Waals surface area contributed by atoms with Gasteiger partial charge in [-0.05, 0) is 109 Å². The number of carboxylic acids is 1.